The largest absolute Gasteiger partial charge is 0.290 e. The summed E-state index contributed by atoms with van der Waals surface area (Å²) in [7, 11) is 0. The van der Waals surface area contributed by atoms with E-state index in [0.717, 1.165) is 41.1 Å². The molecule has 9 heteroatoms. The van der Waals surface area contributed by atoms with Crippen LogP contribution in [0.5, 0.6) is 0 Å². The van der Waals surface area contributed by atoms with Gasteiger partial charge in [0.15, 0.2) is 5.69 Å². The monoisotopic (exact) mass is 489 g/mol. The van der Waals surface area contributed by atoms with Crippen molar-refractivity contribution in [1.29, 1.82) is 0 Å². The molecule has 2 heterocycles. The van der Waals surface area contributed by atoms with E-state index in [1.807, 2.05) is 36.6 Å². The number of nitrogens with one attached hydrogen (secondary N) is 2. The number of carbonyl (C=O) groups is 2. The first-order valence-corrected chi connectivity index (χ1v) is 12.4. The number of amides is 2. The molecule has 35 heavy (non-hydrogen) atoms. The summed E-state index contributed by atoms with van der Waals surface area (Å²) < 4.78 is 1.33. The Morgan fingerprint density at radius 1 is 1.00 bits per heavy atom. The van der Waals surface area contributed by atoms with Gasteiger partial charge in [0.05, 0.1) is 22.5 Å². The van der Waals surface area contributed by atoms with Gasteiger partial charge in [-0.3, -0.25) is 25.2 Å². The van der Waals surface area contributed by atoms with Crippen molar-refractivity contribution < 1.29 is 9.59 Å². The molecule has 0 aliphatic rings. The van der Waals surface area contributed by atoms with Gasteiger partial charge in [-0.1, -0.05) is 62.2 Å². The molecule has 4 aromatic rings. The number of fused-ring (bicyclic) bond motifs is 1. The molecule has 0 fully saturated rings. The highest BCUT2D eigenvalue weighted by molar-refractivity contribution is 7.09. The number of rotatable bonds is 8. The number of nitrogens with zero attached hydrogens (tertiary/aromatic N) is 3. The molecular formula is C26H27N5O3S. The van der Waals surface area contributed by atoms with Crippen LogP contribution in [0.25, 0.3) is 22.0 Å². The summed E-state index contributed by atoms with van der Waals surface area (Å²) in [5.74, 6) is -0.941. The van der Waals surface area contributed by atoms with E-state index in [9.17, 15) is 14.4 Å². The molecule has 0 unspecified atom stereocenters. The van der Waals surface area contributed by atoms with Crippen molar-refractivity contribution in [2.75, 3.05) is 0 Å². The maximum Gasteiger partial charge on any atom is 0.290 e. The van der Waals surface area contributed by atoms with E-state index >= 15 is 0 Å². The van der Waals surface area contributed by atoms with Gasteiger partial charge in [0.25, 0.3) is 11.5 Å². The summed E-state index contributed by atoms with van der Waals surface area (Å²) in [6, 6.07) is 14.4. The zero-order chi connectivity index (χ0) is 24.8. The SMILES string of the molecule is CCCCCn1nc(C(=O)NNC(=O)Cc2ccc(-c3csc(C)n3)cc2)c2ccccc2c1=O. The Hall–Kier alpha value is -3.85. The van der Waals surface area contributed by atoms with E-state index < -0.39 is 5.91 Å². The van der Waals surface area contributed by atoms with Gasteiger partial charge in [0, 0.05) is 22.9 Å². The van der Waals surface area contributed by atoms with Crippen molar-refractivity contribution in [2.24, 2.45) is 0 Å². The second kappa shape index (κ2) is 11.1. The minimum absolute atomic E-state index is 0.0971. The molecule has 8 nitrogen and oxygen atoms in total. The number of thiazole rings is 1. The van der Waals surface area contributed by atoms with Crippen LogP contribution in [0.3, 0.4) is 0 Å². The summed E-state index contributed by atoms with van der Waals surface area (Å²) in [5.41, 5.74) is 7.46. The number of hydrogen-bond acceptors (Lipinski definition) is 6. The fourth-order valence-corrected chi connectivity index (χ4v) is 4.39. The standard InChI is InChI=1S/C26H27N5O3S/c1-3-4-7-14-31-26(34)21-9-6-5-8-20(21)24(30-31)25(33)29-28-23(32)15-18-10-12-19(13-11-18)22-16-35-17(2)27-22/h5-6,8-13,16H,3-4,7,14-15H2,1-2H3,(H,28,32)(H,29,33). The number of aromatic nitrogens is 3. The van der Waals surface area contributed by atoms with Crippen LogP contribution in [0.1, 0.15) is 47.2 Å². The molecule has 2 aromatic heterocycles. The van der Waals surface area contributed by atoms with E-state index in [1.54, 1.807) is 35.6 Å². The average Bonchev–Trinajstić information content (AvgIpc) is 3.31. The highest BCUT2D eigenvalue weighted by atomic mass is 32.1. The van der Waals surface area contributed by atoms with Crippen molar-refractivity contribution in [3.05, 3.63) is 80.5 Å². The van der Waals surface area contributed by atoms with Crippen LogP contribution in [-0.2, 0) is 17.8 Å². The summed E-state index contributed by atoms with van der Waals surface area (Å²) >= 11 is 1.59. The molecule has 2 aromatic carbocycles. The number of unbranched alkanes of at least 4 members (excludes halogenated alkanes) is 2. The van der Waals surface area contributed by atoms with Crippen LogP contribution in [0.4, 0.5) is 0 Å². The quantitative estimate of drug-likeness (QED) is 0.287. The molecule has 0 aliphatic heterocycles. The van der Waals surface area contributed by atoms with E-state index in [1.165, 1.54) is 4.68 Å². The van der Waals surface area contributed by atoms with Gasteiger partial charge < -0.3 is 0 Å². The van der Waals surface area contributed by atoms with Crippen molar-refractivity contribution in [3.63, 3.8) is 0 Å². The third kappa shape index (κ3) is 5.81. The van der Waals surface area contributed by atoms with Crippen molar-refractivity contribution in [2.45, 2.75) is 46.1 Å². The van der Waals surface area contributed by atoms with E-state index in [2.05, 4.69) is 27.9 Å². The van der Waals surface area contributed by atoms with Gasteiger partial charge in [-0.2, -0.15) is 5.10 Å². The van der Waals surface area contributed by atoms with Gasteiger partial charge in [0.2, 0.25) is 5.91 Å². The highest BCUT2D eigenvalue weighted by Crippen LogP contribution is 2.22. The number of aryl methyl sites for hydroxylation is 2. The Kier molecular flexibility index (Phi) is 7.67. The first-order chi connectivity index (χ1) is 17.0. The molecule has 0 spiro atoms. The van der Waals surface area contributed by atoms with Crippen LogP contribution in [0.15, 0.2) is 58.7 Å². The maximum atomic E-state index is 12.9. The Labute approximate surface area is 207 Å². The summed E-state index contributed by atoms with van der Waals surface area (Å²) in [6.07, 6.45) is 2.86. The van der Waals surface area contributed by atoms with Crippen LogP contribution >= 0.6 is 11.3 Å². The first-order valence-electron chi connectivity index (χ1n) is 11.6. The normalized spacial score (nSPS) is 10.9. The number of carbonyl (C=O) groups excluding carboxylic acids is 2. The van der Waals surface area contributed by atoms with Crippen molar-refractivity contribution in [1.82, 2.24) is 25.6 Å². The summed E-state index contributed by atoms with van der Waals surface area (Å²) in [6.45, 7) is 4.47. The fourth-order valence-electron chi connectivity index (χ4n) is 3.77. The van der Waals surface area contributed by atoms with Crippen LogP contribution in [0, 0.1) is 6.92 Å². The van der Waals surface area contributed by atoms with E-state index in [0.29, 0.717) is 17.3 Å². The molecule has 0 bridgehead atoms. The molecule has 0 saturated carbocycles. The molecule has 0 atom stereocenters. The lowest BCUT2D eigenvalue weighted by Crippen LogP contribution is -2.43. The zero-order valence-corrected chi connectivity index (χ0v) is 20.5. The minimum Gasteiger partial charge on any atom is -0.273 e. The predicted molar refractivity (Wildman–Crippen MR) is 137 cm³/mol. The third-order valence-electron chi connectivity index (χ3n) is 5.61. The molecule has 4 rings (SSSR count). The lowest BCUT2D eigenvalue weighted by molar-refractivity contribution is -0.121. The number of hydrogen-bond donors (Lipinski definition) is 2. The minimum atomic E-state index is -0.576. The molecule has 0 radical (unpaired) electrons. The van der Waals surface area contributed by atoms with Crippen molar-refractivity contribution in [3.8, 4) is 11.3 Å². The lowest BCUT2D eigenvalue weighted by atomic mass is 10.1. The number of benzene rings is 2. The highest BCUT2D eigenvalue weighted by Gasteiger charge is 2.17. The van der Waals surface area contributed by atoms with Crippen molar-refractivity contribution >= 4 is 33.9 Å². The van der Waals surface area contributed by atoms with E-state index in [4.69, 9.17) is 0 Å². The van der Waals surface area contributed by atoms with Gasteiger partial charge >= 0.3 is 0 Å². The summed E-state index contributed by atoms with van der Waals surface area (Å²) in [4.78, 5) is 42.6. The molecule has 180 valence electrons. The Balaban J connectivity index is 1.43. The number of hydrazine groups is 1. The Morgan fingerprint density at radius 3 is 2.43 bits per heavy atom. The van der Waals surface area contributed by atoms with Gasteiger partial charge in [-0.15, -0.1) is 11.3 Å². The van der Waals surface area contributed by atoms with Crippen LogP contribution < -0.4 is 16.4 Å². The van der Waals surface area contributed by atoms with E-state index in [-0.39, 0.29) is 23.6 Å². The second-order valence-electron chi connectivity index (χ2n) is 8.26. The Bertz CT molecular complexity index is 1410. The van der Waals surface area contributed by atoms with Gasteiger partial charge in [-0.25, -0.2) is 9.67 Å². The fraction of sp³-hybridized carbons (Fsp3) is 0.269. The molecule has 2 amide bonds. The average molecular weight is 490 g/mol. The molecular weight excluding hydrogens is 462 g/mol. The molecule has 2 N–H and O–H groups in total. The maximum absolute atomic E-state index is 12.9. The summed E-state index contributed by atoms with van der Waals surface area (Å²) in [5, 5.41) is 8.18. The van der Waals surface area contributed by atoms with Gasteiger partial charge in [-0.05, 0) is 25.0 Å². The van der Waals surface area contributed by atoms with Crippen LogP contribution in [0.2, 0.25) is 0 Å². The smallest absolute Gasteiger partial charge is 0.273 e. The third-order valence-corrected chi connectivity index (χ3v) is 6.38. The molecule has 0 saturated heterocycles. The topological polar surface area (TPSA) is 106 Å². The second-order valence-corrected chi connectivity index (χ2v) is 9.32. The van der Waals surface area contributed by atoms with Crippen LogP contribution in [-0.4, -0.2) is 26.6 Å². The lowest BCUT2D eigenvalue weighted by Gasteiger charge is -2.12. The predicted octanol–water partition coefficient (Wildman–Crippen LogP) is 4.02. The van der Waals surface area contributed by atoms with Gasteiger partial charge in [0.1, 0.15) is 0 Å². The zero-order valence-electron chi connectivity index (χ0n) is 19.7. The first kappa shape index (κ1) is 24.3. The Morgan fingerprint density at radius 2 is 1.74 bits per heavy atom. The molecule has 0 aliphatic carbocycles.